The Morgan fingerprint density at radius 1 is 1.35 bits per heavy atom. The smallest absolute Gasteiger partial charge is 0.205 e. The van der Waals surface area contributed by atoms with Crippen molar-refractivity contribution in [1.82, 2.24) is 14.5 Å². The molecule has 2 N–H and O–H groups in total. The molecule has 5 heteroatoms. The first-order valence-electron chi connectivity index (χ1n) is 6.20. The Bertz CT molecular complexity index is 725. The number of aryl methyl sites for hydroxylation is 1. The normalized spacial score (nSPS) is 12.0. The maximum atomic E-state index is 5.91. The molecule has 0 saturated heterocycles. The molecule has 2 rings (SSSR count). The third-order valence-corrected chi connectivity index (χ3v) is 2.92. The van der Waals surface area contributed by atoms with E-state index in [2.05, 4.69) is 21.5 Å². The van der Waals surface area contributed by atoms with Crippen LogP contribution in [0.1, 0.15) is 5.69 Å². The first-order chi connectivity index (χ1) is 9.69. The van der Waals surface area contributed by atoms with Crippen molar-refractivity contribution >= 4 is 12.1 Å². The highest BCUT2D eigenvalue weighted by Gasteiger charge is 2.09. The van der Waals surface area contributed by atoms with Crippen molar-refractivity contribution < 1.29 is 0 Å². The van der Waals surface area contributed by atoms with Crippen molar-refractivity contribution in [1.29, 1.82) is 0 Å². The van der Waals surface area contributed by atoms with E-state index in [-0.39, 0.29) is 0 Å². The molecule has 0 amide bonds. The highest BCUT2D eigenvalue weighted by molar-refractivity contribution is 5.64. The van der Waals surface area contributed by atoms with Gasteiger partial charge in [-0.15, -0.1) is 0 Å². The standard InChI is InChI=1S/C15H17N5/c1-4-5-9-20-14(17-3)13(10-19-15(20)16)12-7-6-8-18-11(12)2/h4-10H,1H2,2-3H3,(H2,16,19)/b9-5-,17-14?. The summed E-state index contributed by atoms with van der Waals surface area (Å²) in [7, 11) is 1.72. The van der Waals surface area contributed by atoms with E-state index >= 15 is 0 Å². The number of allylic oxidation sites excluding steroid dienone is 2. The van der Waals surface area contributed by atoms with Gasteiger partial charge in [0, 0.05) is 42.5 Å². The molecule has 0 fully saturated rings. The highest BCUT2D eigenvalue weighted by atomic mass is 15.1. The minimum atomic E-state index is 0.369. The number of nitrogen functional groups attached to an aromatic ring is 1. The van der Waals surface area contributed by atoms with Gasteiger partial charge >= 0.3 is 0 Å². The SMILES string of the molecule is C=C/C=C\n1c(N)ncc(-c2cccnc2C)c1=NC. The first-order valence-corrected chi connectivity index (χ1v) is 6.20. The lowest BCUT2D eigenvalue weighted by atomic mass is 10.1. The minimum Gasteiger partial charge on any atom is -0.369 e. The van der Waals surface area contributed by atoms with Gasteiger partial charge in [0.25, 0.3) is 0 Å². The maximum Gasteiger partial charge on any atom is 0.205 e. The zero-order chi connectivity index (χ0) is 14.5. The van der Waals surface area contributed by atoms with Crippen LogP contribution >= 0.6 is 0 Å². The molecule has 2 aromatic heterocycles. The number of aromatic nitrogens is 3. The lowest BCUT2D eigenvalue weighted by Crippen LogP contribution is -2.23. The number of rotatable bonds is 3. The highest BCUT2D eigenvalue weighted by Crippen LogP contribution is 2.17. The first kappa shape index (κ1) is 13.7. The predicted molar refractivity (Wildman–Crippen MR) is 81.6 cm³/mol. The van der Waals surface area contributed by atoms with Crippen LogP contribution in [0.3, 0.4) is 0 Å². The maximum absolute atomic E-state index is 5.91. The van der Waals surface area contributed by atoms with Gasteiger partial charge in [0.15, 0.2) is 0 Å². The van der Waals surface area contributed by atoms with Crippen LogP contribution in [0.15, 0.2) is 48.2 Å². The fraction of sp³-hybridized carbons (Fsp3) is 0.133. The topological polar surface area (TPSA) is 69.1 Å². The molecule has 20 heavy (non-hydrogen) atoms. The summed E-state index contributed by atoms with van der Waals surface area (Å²) in [4.78, 5) is 12.9. The van der Waals surface area contributed by atoms with Crippen LogP contribution < -0.4 is 11.2 Å². The van der Waals surface area contributed by atoms with Crippen molar-refractivity contribution in [2.24, 2.45) is 4.99 Å². The Morgan fingerprint density at radius 2 is 2.15 bits per heavy atom. The summed E-state index contributed by atoms with van der Waals surface area (Å²) >= 11 is 0. The second kappa shape index (κ2) is 5.97. The number of hydrogen-bond donors (Lipinski definition) is 1. The number of nitrogens with two attached hydrogens (primary N) is 1. The van der Waals surface area contributed by atoms with Gasteiger partial charge in [-0.05, 0) is 19.1 Å². The van der Waals surface area contributed by atoms with E-state index in [1.807, 2.05) is 19.1 Å². The third-order valence-electron chi connectivity index (χ3n) is 2.92. The molecule has 0 spiro atoms. The Hall–Kier alpha value is -2.69. The zero-order valence-electron chi connectivity index (χ0n) is 11.6. The van der Waals surface area contributed by atoms with E-state index < -0.39 is 0 Å². The van der Waals surface area contributed by atoms with E-state index in [4.69, 9.17) is 5.73 Å². The van der Waals surface area contributed by atoms with Gasteiger partial charge in [-0.1, -0.05) is 18.7 Å². The van der Waals surface area contributed by atoms with Crippen molar-refractivity contribution in [3.63, 3.8) is 0 Å². The van der Waals surface area contributed by atoms with Gasteiger partial charge in [0.05, 0.1) is 0 Å². The molecule has 0 aliphatic heterocycles. The molecule has 0 atom stereocenters. The van der Waals surface area contributed by atoms with Gasteiger partial charge in [-0.2, -0.15) is 0 Å². The number of hydrogen-bond acceptors (Lipinski definition) is 4. The molecule has 2 aromatic rings. The number of pyridine rings is 1. The molecule has 0 aliphatic rings. The summed E-state index contributed by atoms with van der Waals surface area (Å²) in [6.07, 6.45) is 8.73. The molecule has 5 nitrogen and oxygen atoms in total. The third kappa shape index (κ3) is 2.51. The van der Waals surface area contributed by atoms with Crippen LogP contribution in [0.25, 0.3) is 17.3 Å². The quantitative estimate of drug-likeness (QED) is 0.865. The Kier molecular flexibility index (Phi) is 4.10. The summed E-state index contributed by atoms with van der Waals surface area (Å²) < 4.78 is 1.73. The summed E-state index contributed by atoms with van der Waals surface area (Å²) in [5.41, 5.74) is 9.44. The molecule has 0 radical (unpaired) electrons. The van der Waals surface area contributed by atoms with Crippen LogP contribution in [0.2, 0.25) is 0 Å². The lowest BCUT2D eigenvalue weighted by molar-refractivity contribution is 0.960. The van der Waals surface area contributed by atoms with Crippen molar-refractivity contribution in [3.8, 4) is 11.1 Å². The zero-order valence-corrected chi connectivity index (χ0v) is 11.6. The largest absolute Gasteiger partial charge is 0.369 e. The fourth-order valence-corrected chi connectivity index (χ4v) is 1.97. The summed E-state index contributed by atoms with van der Waals surface area (Å²) in [6.45, 7) is 5.61. The van der Waals surface area contributed by atoms with E-state index in [9.17, 15) is 0 Å². The number of anilines is 1. The van der Waals surface area contributed by atoms with Crippen LogP contribution in [0.5, 0.6) is 0 Å². The van der Waals surface area contributed by atoms with Crippen LogP contribution in [-0.2, 0) is 0 Å². The van der Waals surface area contributed by atoms with Crippen LogP contribution in [-0.4, -0.2) is 21.6 Å². The Labute approximate surface area is 117 Å². The summed E-state index contributed by atoms with van der Waals surface area (Å²) in [5, 5.41) is 0. The predicted octanol–water partition coefficient (Wildman–Crippen LogP) is 2.02. The van der Waals surface area contributed by atoms with Gasteiger partial charge in [0.2, 0.25) is 5.95 Å². The monoisotopic (exact) mass is 267 g/mol. The molecular formula is C15H17N5. The van der Waals surface area contributed by atoms with Gasteiger partial charge in [-0.25, -0.2) is 4.98 Å². The Morgan fingerprint density at radius 3 is 2.80 bits per heavy atom. The van der Waals surface area contributed by atoms with E-state index in [0.29, 0.717) is 5.95 Å². The molecular weight excluding hydrogens is 250 g/mol. The second-order valence-electron chi connectivity index (χ2n) is 4.16. The minimum absolute atomic E-state index is 0.369. The Balaban J connectivity index is 2.77. The van der Waals surface area contributed by atoms with Gasteiger partial charge < -0.3 is 5.73 Å². The van der Waals surface area contributed by atoms with Gasteiger partial charge in [0.1, 0.15) is 5.49 Å². The van der Waals surface area contributed by atoms with Gasteiger partial charge in [-0.3, -0.25) is 14.5 Å². The molecule has 0 saturated carbocycles. The molecule has 0 unspecified atom stereocenters. The molecule has 102 valence electrons. The molecule has 0 bridgehead atoms. The summed E-state index contributed by atoms with van der Waals surface area (Å²) in [6, 6.07) is 3.88. The summed E-state index contributed by atoms with van der Waals surface area (Å²) in [5.74, 6) is 0.369. The van der Waals surface area contributed by atoms with Crippen LogP contribution in [0.4, 0.5) is 5.95 Å². The van der Waals surface area contributed by atoms with E-state index in [1.54, 1.807) is 42.4 Å². The van der Waals surface area contributed by atoms with Crippen molar-refractivity contribution in [3.05, 3.63) is 54.4 Å². The average Bonchev–Trinajstić information content (AvgIpc) is 2.46. The average molecular weight is 267 g/mol. The molecule has 0 aromatic carbocycles. The lowest BCUT2D eigenvalue weighted by Gasteiger charge is -2.10. The van der Waals surface area contributed by atoms with Crippen molar-refractivity contribution in [2.75, 3.05) is 12.8 Å². The van der Waals surface area contributed by atoms with E-state index in [0.717, 1.165) is 22.3 Å². The van der Waals surface area contributed by atoms with Crippen molar-refractivity contribution in [2.45, 2.75) is 6.92 Å². The second-order valence-corrected chi connectivity index (χ2v) is 4.16. The van der Waals surface area contributed by atoms with Crippen LogP contribution in [0, 0.1) is 6.92 Å². The molecule has 2 heterocycles. The molecule has 0 aliphatic carbocycles. The fourth-order valence-electron chi connectivity index (χ4n) is 1.97. The number of nitrogens with zero attached hydrogens (tertiary/aromatic N) is 4. The van der Waals surface area contributed by atoms with E-state index in [1.165, 1.54) is 0 Å².